The van der Waals surface area contributed by atoms with Gasteiger partial charge in [-0.3, -0.25) is 5.41 Å². The molecule has 0 spiro atoms. The SMILES string of the molecule is CN(C)c1ccc(Cc2nccn2Cc2cccc(C(=N)N)c2)cc1. The van der Waals surface area contributed by atoms with E-state index in [0.29, 0.717) is 6.54 Å². The van der Waals surface area contributed by atoms with Gasteiger partial charge in [-0.1, -0.05) is 30.3 Å². The van der Waals surface area contributed by atoms with Gasteiger partial charge in [0, 0.05) is 50.7 Å². The van der Waals surface area contributed by atoms with Crippen LogP contribution in [0.15, 0.2) is 60.9 Å². The van der Waals surface area contributed by atoms with E-state index >= 15 is 0 Å². The minimum Gasteiger partial charge on any atom is -0.384 e. The lowest BCUT2D eigenvalue weighted by Gasteiger charge is -2.13. The first-order valence-electron chi connectivity index (χ1n) is 8.22. The summed E-state index contributed by atoms with van der Waals surface area (Å²) in [7, 11) is 4.08. The van der Waals surface area contributed by atoms with Crippen LogP contribution in [0.3, 0.4) is 0 Å². The van der Waals surface area contributed by atoms with Crippen LogP contribution >= 0.6 is 0 Å². The molecule has 0 radical (unpaired) electrons. The van der Waals surface area contributed by atoms with Gasteiger partial charge in [-0.05, 0) is 29.3 Å². The van der Waals surface area contributed by atoms with E-state index in [-0.39, 0.29) is 5.84 Å². The Balaban J connectivity index is 1.76. The van der Waals surface area contributed by atoms with Crippen molar-refractivity contribution in [2.75, 3.05) is 19.0 Å². The quantitative estimate of drug-likeness (QED) is 0.538. The van der Waals surface area contributed by atoms with E-state index in [1.807, 2.05) is 50.8 Å². The number of rotatable bonds is 6. The molecule has 3 N–H and O–H groups in total. The normalized spacial score (nSPS) is 10.6. The standard InChI is InChI=1S/C20H23N5/c1-24(2)18-8-6-15(7-9-18)13-19-23-10-11-25(19)14-16-4-3-5-17(12-16)20(21)22/h3-12H,13-14H2,1-2H3,(H3,21,22). The average molecular weight is 333 g/mol. The molecular formula is C20H23N5. The lowest BCUT2D eigenvalue weighted by atomic mass is 10.1. The van der Waals surface area contributed by atoms with Crippen molar-refractivity contribution >= 4 is 11.5 Å². The predicted octanol–water partition coefficient (Wildman–Crippen LogP) is 2.87. The Kier molecular flexibility index (Phi) is 4.84. The Morgan fingerprint density at radius 1 is 1.12 bits per heavy atom. The largest absolute Gasteiger partial charge is 0.384 e. The van der Waals surface area contributed by atoms with Crippen molar-refractivity contribution < 1.29 is 0 Å². The molecule has 3 rings (SSSR count). The van der Waals surface area contributed by atoms with Crippen LogP contribution in [0.2, 0.25) is 0 Å². The third-order valence-electron chi connectivity index (χ3n) is 4.21. The number of benzene rings is 2. The molecular weight excluding hydrogens is 310 g/mol. The third-order valence-corrected chi connectivity index (χ3v) is 4.21. The Morgan fingerprint density at radius 2 is 1.88 bits per heavy atom. The van der Waals surface area contributed by atoms with Crippen molar-refractivity contribution in [1.82, 2.24) is 9.55 Å². The lowest BCUT2D eigenvalue weighted by molar-refractivity contribution is 0.740. The molecule has 0 fully saturated rings. The van der Waals surface area contributed by atoms with Crippen LogP contribution in [0.4, 0.5) is 5.69 Å². The number of nitrogen functional groups attached to an aromatic ring is 1. The summed E-state index contributed by atoms with van der Waals surface area (Å²) < 4.78 is 2.14. The van der Waals surface area contributed by atoms with Gasteiger partial charge in [0.15, 0.2) is 0 Å². The van der Waals surface area contributed by atoms with E-state index in [0.717, 1.165) is 23.4 Å². The molecule has 0 saturated carbocycles. The minimum absolute atomic E-state index is 0.0914. The minimum atomic E-state index is 0.0914. The highest BCUT2D eigenvalue weighted by Crippen LogP contribution is 2.16. The molecule has 0 aliphatic carbocycles. The van der Waals surface area contributed by atoms with Crippen molar-refractivity contribution in [2.24, 2.45) is 5.73 Å². The summed E-state index contributed by atoms with van der Waals surface area (Å²) in [6.07, 6.45) is 4.61. The molecule has 0 bridgehead atoms. The van der Waals surface area contributed by atoms with Crippen LogP contribution in [0, 0.1) is 5.41 Å². The molecule has 0 unspecified atom stereocenters. The lowest BCUT2D eigenvalue weighted by Crippen LogP contribution is -2.12. The van der Waals surface area contributed by atoms with Gasteiger partial charge in [-0.25, -0.2) is 4.98 Å². The van der Waals surface area contributed by atoms with Crippen molar-refractivity contribution in [3.63, 3.8) is 0 Å². The third kappa shape index (κ3) is 4.07. The van der Waals surface area contributed by atoms with Gasteiger partial charge in [-0.2, -0.15) is 0 Å². The van der Waals surface area contributed by atoms with Gasteiger partial charge >= 0.3 is 0 Å². The molecule has 3 aromatic rings. The summed E-state index contributed by atoms with van der Waals surface area (Å²) in [5, 5.41) is 7.58. The highest BCUT2D eigenvalue weighted by atomic mass is 15.1. The van der Waals surface area contributed by atoms with Crippen LogP contribution < -0.4 is 10.6 Å². The first-order valence-corrected chi connectivity index (χ1v) is 8.22. The highest BCUT2D eigenvalue weighted by Gasteiger charge is 2.07. The zero-order valence-electron chi connectivity index (χ0n) is 14.6. The molecule has 5 nitrogen and oxygen atoms in total. The Bertz CT molecular complexity index is 862. The number of nitrogens with zero attached hydrogens (tertiary/aromatic N) is 3. The van der Waals surface area contributed by atoms with Crippen LogP contribution in [-0.2, 0) is 13.0 Å². The van der Waals surface area contributed by atoms with E-state index in [1.165, 1.54) is 11.3 Å². The predicted molar refractivity (Wildman–Crippen MR) is 102 cm³/mol. The molecule has 25 heavy (non-hydrogen) atoms. The van der Waals surface area contributed by atoms with E-state index in [9.17, 15) is 0 Å². The van der Waals surface area contributed by atoms with E-state index in [4.69, 9.17) is 11.1 Å². The number of aromatic nitrogens is 2. The Labute approximate surface area is 148 Å². The smallest absolute Gasteiger partial charge is 0.122 e. The molecule has 5 heteroatoms. The first kappa shape index (κ1) is 16.8. The zero-order valence-corrected chi connectivity index (χ0v) is 14.6. The second kappa shape index (κ2) is 7.21. The van der Waals surface area contributed by atoms with E-state index in [2.05, 4.69) is 38.7 Å². The molecule has 1 aromatic heterocycles. The Morgan fingerprint density at radius 3 is 2.56 bits per heavy atom. The van der Waals surface area contributed by atoms with Crippen LogP contribution in [-0.4, -0.2) is 29.5 Å². The van der Waals surface area contributed by atoms with Gasteiger partial charge < -0.3 is 15.2 Å². The number of hydrogen-bond acceptors (Lipinski definition) is 3. The molecule has 0 aliphatic heterocycles. The molecule has 128 valence electrons. The summed E-state index contributed by atoms with van der Waals surface area (Å²) in [6.45, 7) is 0.715. The fourth-order valence-corrected chi connectivity index (χ4v) is 2.78. The number of amidine groups is 1. The molecule has 0 saturated heterocycles. The number of hydrogen-bond donors (Lipinski definition) is 2. The van der Waals surface area contributed by atoms with Crippen molar-refractivity contribution in [3.05, 3.63) is 83.4 Å². The van der Waals surface area contributed by atoms with Gasteiger partial charge in [0.1, 0.15) is 11.7 Å². The summed E-state index contributed by atoms with van der Waals surface area (Å²) in [5.74, 6) is 1.11. The zero-order chi connectivity index (χ0) is 17.8. The summed E-state index contributed by atoms with van der Waals surface area (Å²) in [5.41, 5.74) is 9.86. The number of imidazole rings is 1. The summed E-state index contributed by atoms with van der Waals surface area (Å²) in [4.78, 5) is 6.60. The number of nitrogens with two attached hydrogens (primary N) is 1. The Hall–Kier alpha value is -3.08. The van der Waals surface area contributed by atoms with Gasteiger partial charge in [0.25, 0.3) is 0 Å². The maximum Gasteiger partial charge on any atom is 0.122 e. The van der Waals surface area contributed by atoms with Crippen molar-refractivity contribution in [3.8, 4) is 0 Å². The van der Waals surface area contributed by atoms with Crippen LogP contribution in [0.25, 0.3) is 0 Å². The maximum atomic E-state index is 7.58. The average Bonchev–Trinajstić information content (AvgIpc) is 3.02. The van der Waals surface area contributed by atoms with Crippen molar-refractivity contribution in [2.45, 2.75) is 13.0 Å². The van der Waals surface area contributed by atoms with E-state index in [1.54, 1.807) is 0 Å². The summed E-state index contributed by atoms with van der Waals surface area (Å²) >= 11 is 0. The van der Waals surface area contributed by atoms with Gasteiger partial charge in [0.05, 0.1) is 0 Å². The first-order chi connectivity index (χ1) is 12.0. The fourth-order valence-electron chi connectivity index (χ4n) is 2.78. The number of nitrogens with one attached hydrogen (secondary N) is 1. The second-order valence-corrected chi connectivity index (χ2v) is 6.32. The van der Waals surface area contributed by atoms with Crippen LogP contribution in [0.5, 0.6) is 0 Å². The van der Waals surface area contributed by atoms with Gasteiger partial charge in [-0.15, -0.1) is 0 Å². The monoisotopic (exact) mass is 333 g/mol. The maximum absolute atomic E-state index is 7.58. The molecule has 2 aromatic carbocycles. The number of anilines is 1. The van der Waals surface area contributed by atoms with Gasteiger partial charge in [0.2, 0.25) is 0 Å². The van der Waals surface area contributed by atoms with Crippen LogP contribution in [0.1, 0.15) is 22.5 Å². The molecule has 0 aliphatic rings. The second-order valence-electron chi connectivity index (χ2n) is 6.32. The molecule has 0 atom stereocenters. The van der Waals surface area contributed by atoms with Crippen molar-refractivity contribution in [1.29, 1.82) is 5.41 Å². The molecule has 1 heterocycles. The van der Waals surface area contributed by atoms with E-state index < -0.39 is 0 Å². The highest BCUT2D eigenvalue weighted by molar-refractivity contribution is 5.95. The topological polar surface area (TPSA) is 70.9 Å². The molecule has 0 amide bonds. The fraction of sp³-hybridized carbons (Fsp3) is 0.200. The summed E-state index contributed by atoms with van der Waals surface area (Å²) in [6, 6.07) is 16.3.